The fraction of sp³-hybridized carbons (Fsp3) is 0.951. The Morgan fingerprint density at radius 3 is 0.760 bits per heavy atom. The molecule has 0 aromatic heterocycles. The third-order valence-electron chi connectivity index (χ3n) is 19.3. The summed E-state index contributed by atoms with van der Waals surface area (Å²) in [6.45, 7) is 9.66. The molecule has 0 aromatic carbocycles. The van der Waals surface area contributed by atoms with E-state index in [1.54, 1.807) is 0 Å². The van der Waals surface area contributed by atoms with Crippen molar-refractivity contribution in [3.8, 4) is 0 Å². The Bertz CT molecular complexity index is 1930. The van der Waals surface area contributed by atoms with E-state index in [1.165, 1.54) is 244 Å². The Kier molecular flexibility index (Phi) is 71.2. The summed E-state index contributed by atoms with van der Waals surface area (Å²) < 4.78 is 68.7. The number of hydrogen-bond donors (Lipinski definition) is 3. The number of phosphoric ester groups is 2. The number of carbonyl (C=O) groups is 4. The summed E-state index contributed by atoms with van der Waals surface area (Å²) in [5.74, 6) is -0.519. The van der Waals surface area contributed by atoms with E-state index in [4.69, 9.17) is 37.0 Å². The van der Waals surface area contributed by atoms with Crippen molar-refractivity contribution in [1.29, 1.82) is 0 Å². The van der Waals surface area contributed by atoms with E-state index in [9.17, 15) is 43.2 Å². The van der Waals surface area contributed by atoms with Gasteiger partial charge in [0.15, 0.2) is 12.2 Å². The maximum Gasteiger partial charge on any atom is 0.472 e. The number of aliphatic hydroxyl groups is 1. The first-order chi connectivity index (χ1) is 48.4. The summed E-state index contributed by atoms with van der Waals surface area (Å²) in [6, 6.07) is 0. The Balaban J connectivity index is 5.22. The Hall–Kier alpha value is -1.94. The van der Waals surface area contributed by atoms with Crippen molar-refractivity contribution in [1.82, 2.24) is 0 Å². The number of ether oxygens (including phenoxy) is 4. The lowest BCUT2D eigenvalue weighted by Gasteiger charge is -2.21. The van der Waals surface area contributed by atoms with Crippen molar-refractivity contribution in [2.24, 2.45) is 11.8 Å². The fourth-order valence-corrected chi connectivity index (χ4v) is 14.1. The molecule has 0 rings (SSSR count). The van der Waals surface area contributed by atoms with Gasteiger partial charge in [-0.05, 0) is 37.5 Å². The van der Waals surface area contributed by atoms with Gasteiger partial charge < -0.3 is 33.8 Å². The second-order valence-electron chi connectivity index (χ2n) is 29.9. The van der Waals surface area contributed by atoms with Crippen LogP contribution in [0, 0.1) is 11.8 Å². The van der Waals surface area contributed by atoms with E-state index < -0.39 is 97.5 Å². The average molecular weight is 1470 g/mol. The first kappa shape index (κ1) is 98.1. The summed E-state index contributed by atoms with van der Waals surface area (Å²) in [6.07, 6.45) is 62.4. The molecule has 0 aliphatic rings. The third kappa shape index (κ3) is 73.0. The van der Waals surface area contributed by atoms with Crippen LogP contribution in [0.2, 0.25) is 0 Å². The van der Waals surface area contributed by atoms with Gasteiger partial charge in [-0.3, -0.25) is 37.3 Å². The van der Waals surface area contributed by atoms with Gasteiger partial charge in [-0.25, -0.2) is 9.13 Å². The molecule has 594 valence electrons. The molecule has 0 radical (unpaired) electrons. The Morgan fingerprint density at radius 1 is 0.290 bits per heavy atom. The molecule has 3 unspecified atom stereocenters. The highest BCUT2D eigenvalue weighted by atomic mass is 31.2. The largest absolute Gasteiger partial charge is 0.472 e. The number of phosphoric acid groups is 2. The first-order valence-electron chi connectivity index (χ1n) is 42.0. The van der Waals surface area contributed by atoms with E-state index in [2.05, 4.69) is 41.5 Å². The maximum absolute atomic E-state index is 13.1. The molecule has 0 saturated heterocycles. The van der Waals surface area contributed by atoms with Gasteiger partial charge in [0, 0.05) is 25.7 Å². The predicted octanol–water partition coefficient (Wildman–Crippen LogP) is 24.3. The van der Waals surface area contributed by atoms with E-state index in [0.717, 1.165) is 102 Å². The second kappa shape index (κ2) is 72.6. The van der Waals surface area contributed by atoms with Gasteiger partial charge in [0.05, 0.1) is 26.4 Å². The monoisotopic (exact) mass is 1470 g/mol. The van der Waals surface area contributed by atoms with Crippen LogP contribution in [-0.4, -0.2) is 96.7 Å². The molecular weight excluding hydrogens is 1310 g/mol. The molecule has 0 fully saturated rings. The number of aliphatic hydroxyl groups excluding tert-OH is 1. The number of hydrogen-bond acceptors (Lipinski definition) is 15. The molecule has 0 saturated carbocycles. The average Bonchev–Trinajstić information content (AvgIpc) is 0.973. The van der Waals surface area contributed by atoms with Crippen molar-refractivity contribution < 1.29 is 80.2 Å². The van der Waals surface area contributed by atoms with Gasteiger partial charge in [0.25, 0.3) is 0 Å². The van der Waals surface area contributed by atoms with Gasteiger partial charge in [0.2, 0.25) is 0 Å². The van der Waals surface area contributed by atoms with Crippen LogP contribution in [-0.2, 0) is 65.4 Å². The van der Waals surface area contributed by atoms with E-state index in [-0.39, 0.29) is 25.7 Å². The normalized spacial score (nSPS) is 14.2. The summed E-state index contributed by atoms with van der Waals surface area (Å²) in [5, 5.41) is 10.6. The fourth-order valence-electron chi connectivity index (χ4n) is 12.5. The molecule has 0 heterocycles. The zero-order chi connectivity index (χ0) is 73.5. The highest BCUT2D eigenvalue weighted by Crippen LogP contribution is 2.45. The molecular formula is C81H158O17P2. The Morgan fingerprint density at radius 2 is 0.510 bits per heavy atom. The van der Waals surface area contributed by atoms with Crippen LogP contribution in [0.15, 0.2) is 0 Å². The van der Waals surface area contributed by atoms with Crippen molar-refractivity contribution in [3.63, 3.8) is 0 Å². The van der Waals surface area contributed by atoms with Crippen LogP contribution >= 0.6 is 15.6 Å². The van der Waals surface area contributed by atoms with E-state index >= 15 is 0 Å². The zero-order valence-electron chi connectivity index (χ0n) is 65.5. The quantitative estimate of drug-likeness (QED) is 0.0222. The van der Waals surface area contributed by atoms with Gasteiger partial charge in [-0.2, -0.15) is 0 Å². The molecule has 17 nitrogen and oxygen atoms in total. The molecule has 6 atom stereocenters. The van der Waals surface area contributed by atoms with Gasteiger partial charge in [-0.15, -0.1) is 0 Å². The number of unbranched alkanes of at least 4 members (excludes halogenated alkanes) is 49. The topological polar surface area (TPSA) is 237 Å². The second-order valence-corrected chi connectivity index (χ2v) is 32.8. The molecule has 100 heavy (non-hydrogen) atoms. The van der Waals surface area contributed by atoms with Crippen LogP contribution in [0.5, 0.6) is 0 Å². The number of rotatable bonds is 80. The van der Waals surface area contributed by atoms with Crippen LogP contribution < -0.4 is 0 Å². The van der Waals surface area contributed by atoms with Gasteiger partial charge in [0.1, 0.15) is 19.3 Å². The Labute approximate surface area is 613 Å². The molecule has 0 aromatic rings. The van der Waals surface area contributed by atoms with Crippen molar-refractivity contribution >= 4 is 39.5 Å². The molecule has 0 bridgehead atoms. The van der Waals surface area contributed by atoms with Crippen LogP contribution in [0.4, 0.5) is 0 Å². The molecule has 0 aliphatic carbocycles. The lowest BCUT2D eigenvalue weighted by atomic mass is 9.99. The molecule has 0 aliphatic heterocycles. The minimum Gasteiger partial charge on any atom is -0.462 e. The van der Waals surface area contributed by atoms with Gasteiger partial charge >= 0.3 is 39.5 Å². The predicted molar refractivity (Wildman–Crippen MR) is 409 cm³/mol. The highest BCUT2D eigenvalue weighted by Gasteiger charge is 2.30. The van der Waals surface area contributed by atoms with Crippen molar-refractivity contribution in [3.05, 3.63) is 0 Å². The number of esters is 4. The van der Waals surface area contributed by atoms with Crippen LogP contribution in [0.25, 0.3) is 0 Å². The standard InChI is InChI=1S/C81H158O17P2/c1-7-10-12-14-16-18-20-21-22-28-31-35-39-46-52-58-64-79(84)92-69-76(97-80(85)65-59-53-47-40-36-32-29-26-24-23-25-27-30-34-37-43-49-55-61-73(4)5)71-95-99(87,88)93-67-75(82)68-94-100(89,90)96-72-77(70-91-78(83)63-57-51-45-38-33-19-17-15-13-11-8-2)98-81(86)66-60-54-48-42-41-44-50-56-62-74(6)9-3/h73-77,82H,7-72H2,1-6H3,(H,87,88)(H,89,90)/t74?,75-,76-,77-/m1/s1. The third-order valence-corrected chi connectivity index (χ3v) is 21.2. The summed E-state index contributed by atoms with van der Waals surface area (Å²) >= 11 is 0. The van der Waals surface area contributed by atoms with Gasteiger partial charge in [-0.1, -0.05) is 375 Å². The maximum atomic E-state index is 13.1. The zero-order valence-corrected chi connectivity index (χ0v) is 67.3. The number of carbonyl (C=O) groups excluding carboxylic acids is 4. The summed E-state index contributed by atoms with van der Waals surface area (Å²) in [4.78, 5) is 73.0. The molecule has 0 amide bonds. The minimum absolute atomic E-state index is 0.106. The summed E-state index contributed by atoms with van der Waals surface area (Å²) in [7, 11) is -9.92. The first-order valence-corrected chi connectivity index (χ1v) is 45.0. The highest BCUT2D eigenvalue weighted by molar-refractivity contribution is 7.47. The lowest BCUT2D eigenvalue weighted by Crippen LogP contribution is -2.30. The van der Waals surface area contributed by atoms with E-state index in [0.29, 0.717) is 25.7 Å². The van der Waals surface area contributed by atoms with E-state index in [1.807, 2.05) is 0 Å². The van der Waals surface area contributed by atoms with Crippen molar-refractivity contribution in [2.75, 3.05) is 39.6 Å². The van der Waals surface area contributed by atoms with Crippen LogP contribution in [0.1, 0.15) is 427 Å². The molecule has 19 heteroatoms. The van der Waals surface area contributed by atoms with Crippen LogP contribution in [0.3, 0.4) is 0 Å². The smallest absolute Gasteiger partial charge is 0.462 e. The molecule has 3 N–H and O–H groups in total. The molecule has 0 spiro atoms. The minimum atomic E-state index is -4.96. The van der Waals surface area contributed by atoms with Crippen molar-refractivity contribution in [2.45, 2.75) is 445 Å². The SMILES string of the molecule is CCCCCCCCCCCCCCCCCCC(=O)OC[C@H](COP(=O)(O)OC[C@@H](O)COP(=O)(O)OC[C@@H](COC(=O)CCCCCCCCCCCCC)OC(=O)CCCCCCCCCCC(C)CC)OC(=O)CCCCCCCCCCCCCCCCCCCCC(C)C. The summed E-state index contributed by atoms with van der Waals surface area (Å²) in [5.41, 5.74) is 0. The lowest BCUT2D eigenvalue weighted by molar-refractivity contribution is -0.161.